The van der Waals surface area contributed by atoms with E-state index in [4.69, 9.17) is 15.6 Å². The van der Waals surface area contributed by atoms with Gasteiger partial charge in [0.25, 0.3) is 6.47 Å². The van der Waals surface area contributed by atoms with Crippen LogP contribution in [0.2, 0.25) is 0 Å². The highest BCUT2D eigenvalue weighted by atomic mass is 16.3. The molecule has 3 rings (SSSR count). The lowest BCUT2D eigenvalue weighted by molar-refractivity contribution is -0.122. The van der Waals surface area contributed by atoms with E-state index in [1.807, 2.05) is 38.5 Å². The number of nitrogens with zero attached hydrogens (tertiary/aromatic N) is 5. The minimum Gasteiger partial charge on any atom is -0.483 e. The number of hydrogen-bond donors (Lipinski definition) is 3. The quantitative estimate of drug-likeness (QED) is 0.596. The van der Waals surface area contributed by atoms with E-state index >= 15 is 0 Å². The fraction of sp³-hybridized carbons (Fsp3) is 0.235. The molecule has 26 heavy (non-hydrogen) atoms. The van der Waals surface area contributed by atoms with Crippen LogP contribution >= 0.6 is 0 Å². The molecule has 0 bridgehead atoms. The smallest absolute Gasteiger partial charge is 0.290 e. The molecule has 4 N–H and O–H groups in total. The maximum absolute atomic E-state index is 9.47. The molecule has 3 heterocycles. The molecule has 0 aliphatic carbocycles. The number of aromatic nitrogens is 5. The Kier molecular flexibility index (Phi) is 5.37. The minimum absolute atomic E-state index is 0.207. The molecule has 0 saturated carbocycles. The van der Waals surface area contributed by atoms with E-state index < -0.39 is 0 Å². The van der Waals surface area contributed by atoms with Gasteiger partial charge in [0.1, 0.15) is 23.3 Å². The molecule has 9 nitrogen and oxygen atoms in total. The monoisotopic (exact) mass is 353 g/mol. The van der Waals surface area contributed by atoms with E-state index in [0.717, 1.165) is 34.0 Å². The van der Waals surface area contributed by atoms with Crippen LogP contribution in [0.25, 0.3) is 22.5 Å². The summed E-state index contributed by atoms with van der Waals surface area (Å²) in [5, 5.41) is 23.5. The Morgan fingerprint density at radius 2 is 2.04 bits per heavy atom. The zero-order valence-electron chi connectivity index (χ0n) is 14.9. The molecule has 3 aromatic heterocycles. The van der Waals surface area contributed by atoms with Gasteiger partial charge in [-0.1, -0.05) is 0 Å². The third-order valence-corrected chi connectivity index (χ3v) is 4.04. The van der Waals surface area contributed by atoms with Gasteiger partial charge in [0.15, 0.2) is 0 Å². The number of carbonyl (C=O) groups is 1. The Labute approximate surface area is 150 Å². The van der Waals surface area contributed by atoms with Crippen molar-refractivity contribution >= 4 is 12.3 Å². The number of nitriles is 1. The average molecular weight is 353 g/mol. The Balaban J connectivity index is 0.000000758. The fourth-order valence-corrected chi connectivity index (χ4v) is 2.69. The van der Waals surface area contributed by atoms with Crippen molar-refractivity contribution in [3.05, 3.63) is 35.0 Å². The number of imidazole rings is 1. The van der Waals surface area contributed by atoms with Crippen molar-refractivity contribution in [1.82, 2.24) is 24.7 Å². The van der Waals surface area contributed by atoms with Gasteiger partial charge in [0.2, 0.25) is 0 Å². The molecule has 0 aliphatic rings. The molecule has 0 aliphatic heterocycles. The number of H-pyrrole nitrogens is 1. The molecular weight excluding hydrogens is 334 g/mol. The van der Waals surface area contributed by atoms with Crippen LogP contribution in [-0.4, -0.2) is 36.3 Å². The molecule has 0 spiro atoms. The maximum atomic E-state index is 9.47. The minimum atomic E-state index is -0.250. The van der Waals surface area contributed by atoms with Crippen molar-refractivity contribution in [2.45, 2.75) is 20.8 Å². The molecule has 0 saturated heterocycles. The highest BCUT2D eigenvalue weighted by molar-refractivity contribution is 5.79. The summed E-state index contributed by atoms with van der Waals surface area (Å²) in [7, 11) is 1.91. The predicted molar refractivity (Wildman–Crippen MR) is 96.1 cm³/mol. The van der Waals surface area contributed by atoms with Gasteiger partial charge in [-0.2, -0.15) is 10.4 Å². The average Bonchev–Trinajstić information content (AvgIpc) is 3.10. The van der Waals surface area contributed by atoms with Gasteiger partial charge in [0.05, 0.1) is 23.3 Å². The van der Waals surface area contributed by atoms with E-state index in [2.05, 4.69) is 26.2 Å². The number of carboxylic acid groups (broad SMARTS) is 1. The normalized spacial score (nSPS) is 9.96. The van der Waals surface area contributed by atoms with Crippen LogP contribution in [0.3, 0.4) is 0 Å². The summed E-state index contributed by atoms with van der Waals surface area (Å²) < 4.78 is 1.93. The van der Waals surface area contributed by atoms with Crippen molar-refractivity contribution in [3.63, 3.8) is 0 Å². The number of aryl methyl sites for hydroxylation is 3. The lowest BCUT2D eigenvalue weighted by Crippen LogP contribution is -2.03. The molecule has 9 heteroatoms. The lowest BCUT2D eigenvalue weighted by atomic mass is 10.0. The predicted octanol–water partition coefficient (Wildman–Crippen LogP) is 1.95. The first-order valence-corrected chi connectivity index (χ1v) is 7.64. The Morgan fingerprint density at radius 1 is 1.38 bits per heavy atom. The fourth-order valence-electron chi connectivity index (χ4n) is 2.69. The molecule has 3 aromatic rings. The molecule has 0 amide bonds. The zero-order valence-corrected chi connectivity index (χ0v) is 14.9. The zero-order chi connectivity index (χ0) is 19.4. The van der Waals surface area contributed by atoms with Gasteiger partial charge < -0.3 is 15.4 Å². The number of hydrogen-bond acceptors (Lipinski definition) is 6. The van der Waals surface area contributed by atoms with E-state index in [1.165, 1.54) is 0 Å². The van der Waals surface area contributed by atoms with E-state index in [1.54, 1.807) is 6.20 Å². The Hall–Kier alpha value is -3.67. The number of nitrogens with two attached hydrogens (primary N) is 1. The number of aromatic amines is 1. The van der Waals surface area contributed by atoms with Crippen LogP contribution < -0.4 is 5.73 Å². The second-order valence-corrected chi connectivity index (χ2v) is 5.59. The Morgan fingerprint density at radius 3 is 2.50 bits per heavy atom. The van der Waals surface area contributed by atoms with Crippen LogP contribution in [0.1, 0.15) is 22.8 Å². The van der Waals surface area contributed by atoms with Crippen LogP contribution in [0.4, 0.5) is 5.82 Å². The number of rotatable bonds is 2. The van der Waals surface area contributed by atoms with Crippen LogP contribution in [0, 0.1) is 32.1 Å². The highest BCUT2D eigenvalue weighted by Gasteiger charge is 2.19. The van der Waals surface area contributed by atoms with E-state index in [9.17, 15) is 5.26 Å². The first kappa shape index (κ1) is 18.7. The van der Waals surface area contributed by atoms with Gasteiger partial charge in [0, 0.05) is 23.9 Å². The van der Waals surface area contributed by atoms with E-state index in [0.29, 0.717) is 11.3 Å². The largest absolute Gasteiger partial charge is 0.483 e. The molecular formula is C17H19N7O2. The lowest BCUT2D eigenvalue weighted by Gasteiger charge is -2.11. The highest BCUT2D eigenvalue weighted by Crippen LogP contribution is 2.33. The van der Waals surface area contributed by atoms with Crippen LogP contribution in [0.5, 0.6) is 0 Å². The first-order valence-electron chi connectivity index (χ1n) is 7.64. The van der Waals surface area contributed by atoms with Gasteiger partial charge in [-0.15, -0.1) is 0 Å². The topological polar surface area (TPSA) is 146 Å². The maximum Gasteiger partial charge on any atom is 0.290 e. The van der Waals surface area contributed by atoms with Crippen molar-refractivity contribution in [1.29, 1.82) is 5.26 Å². The summed E-state index contributed by atoms with van der Waals surface area (Å²) in [5.41, 5.74) is 11.3. The summed E-state index contributed by atoms with van der Waals surface area (Å²) in [6, 6.07) is 4.02. The molecule has 0 atom stereocenters. The van der Waals surface area contributed by atoms with Crippen LogP contribution in [-0.2, 0) is 11.8 Å². The summed E-state index contributed by atoms with van der Waals surface area (Å²) in [6.45, 7) is 5.49. The second-order valence-electron chi connectivity index (χ2n) is 5.59. The van der Waals surface area contributed by atoms with E-state index in [-0.39, 0.29) is 12.3 Å². The number of nitrogens with one attached hydrogen (secondary N) is 1. The summed E-state index contributed by atoms with van der Waals surface area (Å²) in [6.07, 6.45) is 1.74. The molecule has 0 unspecified atom stereocenters. The summed E-state index contributed by atoms with van der Waals surface area (Å²) >= 11 is 0. The summed E-state index contributed by atoms with van der Waals surface area (Å²) in [4.78, 5) is 17.1. The van der Waals surface area contributed by atoms with Gasteiger partial charge in [-0.3, -0.25) is 9.89 Å². The van der Waals surface area contributed by atoms with Gasteiger partial charge in [-0.25, -0.2) is 9.97 Å². The molecule has 134 valence electrons. The number of pyridine rings is 1. The SMILES string of the molecule is Cc1n[nH]c(C)c1-c1cc(-c2cnc(C)n2C)c(C#N)c(N)n1.O=CO. The van der Waals surface area contributed by atoms with Crippen LogP contribution in [0.15, 0.2) is 12.3 Å². The molecule has 0 aromatic carbocycles. The third-order valence-electron chi connectivity index (χ3n) is 4.04. The summed E-state index contributed by atoms with van der Waals surface area (Å²) in [5.74, 6) is 1.07. The third kappa shape index (κ3) is 3.25. The van der Waals surface area contributed by atoms with Crippen molar-refractivity contribution in [3.8, 4) is 28.6 Å². The molecule has 0 fully saturated rings. The standard InChI is InChI=1S/C16H17N7.CH2O2/c1-8-15(9(2)22-21-8)13-5-11(12(6-17)16(18)20-13)14-7-19-10(3)23(14)4;2-1-3/h5,7H,1-4H3,(H2,18,20)(H,21,22);1H,(H,2,3). The van der Waals surface area contributed by atoms with Crippen molar-refractivity contribution in [2.75, 3.05) is 5.73 Å². The van der Waals surface area contributed by atoms with Crippen molar-refractivity contribution in [2.24, 2.45) is 7.05 Å². The number of nitrogen functional groups attached to an aromatic ring is 1. The van der Waals surface area contributed by atoms with Gasteiger partial charge in [-0.05, 0) is 26.8 Å². The number of anilines is 1. The molecule has 0 radical (unpaired) electrons. The Bertz CT molecular complexity index is 976. The first-order chi connectivity index (χ1) is 12.3. The second kappa shape index (κ2) is 7.48. The van der Waals surface area contributed by atoms with Crippen molar-refractivity contribution < 1.29 is 9.90 Å². The van der Waals surface area contributed by atoms with Gasteiger partial charge >= 0.3 is 0 Å².